The summed E-state index contributed by atoms with van der Waals surface area (Å²) in [5.74, 6) is -2.34. The maximum Gasteiger partial charge on any atom is 0.342 e. The van der Waals surface area contributed by atoms with Gasteiger partial charge in [-0.25, -0.2) is 0 Å². The molecule has 0 saturated heterocycles. The van der Waals surface area contributed by atoms with Crippen LogP contribution in [0.3, 0.4) is 0 Å². The molecule has 1 unspecified atom stereocenters. The monoisotopic (exact) mass is 371 g/mol. The molecule has 0 aliphatic heterocycles. The first-order chi connectivity index (χ1) is 11.7. The number of hydrogen-bond donors (Lipinski definition) is 5. The van der Waals surface area contributed by atoms with Gasteiger partial charge in [0.15, 0.2) is 0 Å². The zero-order valence-electron chi connectivity index (χ0n) is 14.2. The van der Waals surface area contributed by atoms with Crippen molar-refractivity contribution in [3.05, 3.63) is 35.9 Å². The molecule has 0 aliphatic rings. The standard InChI is InChI=1S/C16H26N3O5P/c1-2-3-9-15(25(22,23)24)19-13(16(21)18-11-14(17)20)10-12-7-5-4-6-8-12/h4-8,13,15,19H,2-3,9-11H2,1H3,(H2,17,20)(H,18,21)(H2,22,23,24)/t13-,15?/m0/s1. The van der Waals surface area contributed by atoms with Gasteiger partial charge in [-0.15, -0.1) is 0 Å². The summed E-state index contributed by atoms with van der Waals surface area (Å²) in [6.07, 6.45) is 1.86. The molecule has 9 heteroatoms. The highest BCUT2D eigenvalue weighted by Crippen LogP contribution is 2.42. The first-order valence-electron chi connectivity index (χ1n) is 8.15. The fourth-order valence-corrected chi connectivity index (χ4v) is 3.25. The van der Waals surface area contributed by atoms with Crippen molar-refractivity contribution in [3.63, 3.8) is 0 Å². The molecule has 8 nitrogen and oxygen atoms in total. The third kappa shape index (κ3) is 8.27. The highest BCUT2D eigenvalue weighted by Gasteiger charge is 2.32. The second kappa shape index (κ2) is 10.3. The van der Waals surface area contributed by atoms with Crippen LogP contribution in [0.25, 0.3) is 0 Å². The van der Waals surface area contributed by atoms with Crippen molar-refractivity contribution in [3.8, 4) is 0 Å². The summed E-state index contributed by atoms with van der Waals surface area (Å²) in [5, 5.41) is 5.16. The zero-order valence-corrected chi connectivity index (χ0v) is 15.1. The molecule has 0 radical (unpaired) electrons. The van der Waals surface area contributed by atoms with Gasteiger partial charge in [-0.1, -0.05) is 50.1 Å². The highest BCUT2D eigenvalue weighted by molar-refractivity contribution is 7.52. The molecule has 1 rings (SSSR count). The minimum Gasteiger partial charge on any atom is -0.368 e. The van der Waals surface area contributed by atoms with E-state index in [1.807, 2.05) is 37.3 Å². The Labute approximate surface area is 147 Å². The van der Waals surface area contributed by atoms with Gasteiger partial charge in [-0.2, -0.15) is 0 Å². The van der Waals surface area contributed by atoms with Crippen molar-refractivity contribution in [2.75, 3.05) is 6.54 Å². The average molecular weight is 371 g/mol. The predicted octanol–water partition coefficient (Wildman–Crippen LogP) is 0.483. The predicted molar refractivity (Wildman–Crippen MR) is 94.6 cm³/mol. The van der Waals surface area contributed by atoms with E-state index >= 15 is 0 Å². The SMILES string of the molecule is CCCCC(N[C@@H](Cc1ccccc1)C(=O)NCC(N)=O)P(=O)(O)O. The Kier molecular flexibility index (Phi) is 8.78. The minimum absolute atomic E-state index is 0.230. The Hall–Kier alpha value is -1.73. The maximum absolute atomic E-state index is 12.4. The number of primary amides is 1. The summed E-state index contributed by atoms with van der Waals surface area (Å²) in [4.78, 5) is 42.3. The van der Waals surface area contributed by atoms with Gasteiger partial charge in [0.25, 0.3) is 0 Å². The van der Waals surface area contributed by atoms with Gasteiger partial charge < -0.3 is 20.8 Å². The Bertz CT molecular complexity index is 605. The smallest absolute Gasteiger partial charge is 0.342 e. The lowest BCUT2D eigenvalue weighted by molar-refractivity contribution is -0.126. The molecule has 0 bridgehead atoms. The molecule has 0 saturated carbocycles. The summed E-state index contributed by atoms with van der Waals surface area (Å²) in [6, 6.07) is 8.19. The lowest BCUT2D eigenvalue weighted by Crippen LogP contribution is -2.50. The van der Waals surface area contributed by atoms with Gasteiger partial charge in [0.05, 0.1) is 12.6 Å². The fraction of sp³-hybridized carbons (Fsp3) is 0.500. The highest BCUT2D eigenvalue weighted by atomic mass is 31.2. The Balaban J connectivity index is 2.92. The zero-order chi connectivity index (χ0) is 18.9. The third-order valence-corrected chi connectivity index (χ3v) is 4.89. The Morgan fingerprint density at radius 1 is 1.24 bits per heavy atom. The maximum atomic E-state index is 12.4. The number of carbonyl (C=O) groups excluding carboxylic acids is 2. The Morgan fingerprint density at radius 3 is 2.40 bits per heavy atom. The van der Waals surface area contributed by atoms with Crippen molar-refractivity contribution in [1.82, 2.24) is 10.6 Å². The summed E-state index contributed by atoms with van der Waals surface area (Å²) < 4.78 is 11.7. The van der Waals surface area contributed by atoms with Crippen LogP contribution >= 0.6 is 7.60 Å². The molecule has 6 N–H and O–H groups in total. The molecule has 1 aromatic carbocycles. The van der Waals surface area contributed by atoms with Crippen LogP contribution in [0, 0.1) is 0 Å². The van der Waals surface area contributed by atoms with Crippen molar-refractivity contribution in [2.45, 2.75) is 44.4 Å². The lowest BCUT2D eigenvalue weighted by Gasteiger charge is -2.26. The summed E-state index contributed by atoms with van der Waals surface area (Å²) in [7, 11) is -4.42. The summed E-state index contributed by atoms with van der Waals surface area (Å²) in [5.41, 5.74) is 5.86. The number of hydrogen-bond acceptors (Lipinski definition) is 4. The second-order valence-electron chi connectivity index (χ2n) is 5.84. The van der Waals surface area contributed by atoms with Crippen molar-refractivity contribution in [1.29, 1.82) is 0 Å². The van der Waals surface area contributed by atoms with E-state index in [0.717, 1.165) is 12.0 Å². The van der Waals surface area contributed by atoms with E-state index in [4.69, 9.17) is 5.73 Å². The largest absolute Gasteiger partial charge is 0.368 e. The topological polar surface area (TPSA) is 142 Å². The van der Waals surface area contributed by atoms with Crippen LogP contribution in [0.15, 0.2) is 30.3 Å². The number of benzene rings is 1. The van der Waals surface area contributed by atoms with E-state index in [1.165, 1.54) is 0 Å². The second-order valence-corrected chi connectivity index (χ2v) is 7.64. The molecule has 0 aromatic heterocycles. The molecule has 2 amide bonds. The molecule has 1 aromatic rings. The molecular formula is C16H26N3O5P. The van der Waals surface area contributed by atoms with Crippen molar-refractivity contribution in [2.24, 2.45) is 5.73 Å². The number of unbranched alkanes of at least 4 members (excludes halogenated alkanes) is 1. The molecule has 0 aliphatic carbocycles. The number of rotatable bonds is 11. The summed E-state index contributed by atoms with van der Waals surface area (Å²) >= 11 is 0. The third-order valence-electron chi connectivity index (χ3n) is 3.67. The van der Waals surface area contributed by atoms with Crippen LogP contribution < -0.4 is 16.4 Å². The van der Waals surface area contributed by atoms with Crippen molar-refractivity contribution < 1.29 is 23.9 Å². The molecule has 0 heterocycles. The van der Waals surface area contributed by atoms with Crippen LogP contribution in [0.2, 0.25) is 0 Å². The van der Waals surface area contributed by atoms with Crippen molar-refractivity contribution >= 4 is 19.4 Å². The number of carbonyl (C=O) groups is 2. The first kappa shape index (κ1) is 21.3. The summed E-state index contributed by atoms with van der Waals surface area (Å²) in [6.45, 7) is 1.58. The van der Waals surface area contributed by atoms with Crippen LogP contribution in [-0.2, 0) is 20.6 Å². The van der Waals surface area contributed by atoms with Crippen LogP contribution in [0.5, 0.6) is 0 Å². The molecular weight excluding hydrogens is 345 g/mol. The minimum atomic E-state index is -4.42. The van der Waals surface area contributed by atoms with Gasteiger partial charge in [-0.3, -0.25) is 19.5 Å². The molecule has 140 valence electrons. The van der Waals surface area contributed by atoms with Gasteiger partial charge in [0, 0.05) is 0 Å². The van der Waals surface area contributed by atoms with Gasteiger partial charge in [0.2, 0.25) is 11.8 Å². The number of nitrogens with two attached hydrogens (primary N) is 1. The van der Waals surface area contributed by atoms with Crippen LogP contribution in [-0.4, -0.2) is 40.0 Å². The van der Waals surface area contributed by atoms with Gasteiger partial charge >= 0.3 is 7.60 Å². The quantitative estimate of drug-likeness (QED) is 0.358. The van der Waals surface area contributed by atoms with E-state index in [0.29, 0.717) is 6.42 Å². The molecule has 25 heavy (non-hydrogen) atoms. The van der Waals surface area contributed by atoms with E-state index in [1.54, 1.807) is 0 Å². The van der Waals surface area contributed by atoms with E-state index < -0.39 is 31.2 Å². The van der Waals surface area contributed by atoms with Crippen LogP contribution in [0.4, 0.5) is 0 Å². The number of nitrogens with one attached hydrogen (secondary N) is 2. The molecule has 0 fully saturated rings. The average Bonchev–Trinajstić information content (AvgIpc) is 2.55. The van der Waals surface area contributed by atoms with Crippen LogP contribution in [0.1, 0.15) is 31.7 Å². The van der Waals surface area contributed by atoms with E-state index in [-0.39, 0.29) is 19.4 Å². The first-order valence-corrected chi connectivity index (χ1v) is 9.83. The van der Waals surface area contributed by atoms with E-state index in [9.17, 15) is 23.9 Å². The van der Waals surface area contributed by atoms with Gasteiger partial charge in [0.1, 0.15) is 5.78 Å². The normalized spacial score (nSPS) is 13.9. The lowest BCUT2D eigenvalue weighted by atomic mass is 10.0. The number of amides is 2. The fourth-order valence-electron chi connectivity index (χ4n) is 2.35. The van der Waals surface area contributed by atoms with E-state index in [2.05, 4.69) is 10.6 Å². The Morgan fingerprint density at radius 2 is 1.88 bits per heavy atom. The molecule has 2 atom stereocenters. The molecule has 0 spiro atoms. The van der Waals surface area contributed by atoms with Gasteiger partial charge in [-0.05, 0) is 18.4 Å².